The standard InChI is InChI=1S/C19H23Cl2N3O5/c20-12-17(26)23-9-7-22(8-10-24(23)18(27)13-21)16(6-11-25)19(28)29-14-15-4-2-1-3-5-15/h1-5,11,16H,6-10,12-14H2. The van der Waals surface area contributed by atoms with Gasteiger partial charge in [-0.25, -0.2) is 10.0 Å². The summed E-state index contributed by atoms with van der Waals surface area (Å²) in [5, 5.41) is 2.48. The number of hydrogen-bond acceptors (Lipinski definition) is 6. The summed E-state index contributed by atoms with van der Waals surface area (Å²) in [4.78, 5) is 49.8. The molecule has 2 rings (SSSR count). The number of hydrogen-bond donors (Lipinski definition) is 0. The van der Waals surface area contributed by atoms with E-state index in [1.54, 1.807) is 4.90 Å². The first-order valence-corrected chi connectivity index (χ1v) is 10.2. The topological polar surface area (TPSA) is 87.2 Å². The van der Waals surface area contributed by atoms with Crippen molar-refractivity contribution in [3.8, 4) is 0 Å². The van der Waals surface area contributed by atoms with Gasteiger partial charge in [0.15, 0.2) is 0 Å². The Morgan fingerprint density at radius 2 is 1.52 bits per heavy atom. The molecule has 0 aromatic heterocycles. The molecule has 2 amide bonds. The molecule has 1 saturated heterocycles. The Kier molecular flexibility index (Phi) is 9.37. The number of benzene rings is 1. The van der Waals surface area contributed by atoms with Crippen LogP contribution in [0, 0.1) is 0 Å². The predicted molar refractivity (Wildman–Crippen MR) is 107 cm³/mol. The van der Waals surface area contributed by atoms with Crippen molar-refractivity contribution in [3.05, 3.63) is 35.9 Å². The van der Waals surface area contributed by atoms with Gasteiger partial charge in [-0.15, -0.1) is 23.2 Å². The molecule has 1 fully saturated rings. The Labute approximate surface area is 179 Å². The molecule has 10 heteroatoms. The van der Waals surface area contributed by atoms with Crippen molar-refractivity contribution >= 4 is 47.3 Å². The maximum atomic E-state index is 12.6. The largest absolute Gasteiger partial charge is 0.460 e. The molecular weight excluding hydrogens is 421 g/mol. The highest BCUT2D eigenvalue weighted by atomic mass is 35.5. The van der Waals surface area contributed by atoms with Gasteiger partial charge in [0.1, 0.15) is 30.7 Å². The van der Waals surface area contributed by atoms with Crippen LogP contribution in [0.15, 0.2) is 30.3 Å². The lowest BCUT2D eigenvalue weighted by Gasteiger charge is -2.31. The number of amides is 2. The summed E-state index contributed by atoms with van der Waals surface area (Å²) in [5.74, 6) is -1.99. The van der Waals surface area contributed by atoms with E-state index in [9.17, 15) is 19.2 Å². The minimum atomic E-state index is -0.810. The molecule has 0 N–H and O–H groups in total. The smallest absolute Gasteiger partial charge is 0.324 e. The number of aldehydes is 1. The highest BCUT2D eigenvalue weighted by Gasteiger charge is 2.34. The Balaban J connectivity index is 2.09. The third-order valence-corrected chi connectivity index (χ3v) is 5.01. The van der Waals surface area contributed by atoms with Crippen molar-refractivity contribution in [2.75, 3.05) is 37.9 Å². The van der Waals surface area contributed by atoms with Crippen molar-refractivity contribution in [1.82, 2.24) is 14.9 Å². The minimum absolute atomic E-state index is 0.0550. The Hall–Kier alpha value is -2.16. The summed E-state index contributed by atoms with van der Waals surface area (Å²) in [6, 6.07) is 8.39. The van der Waals surface area contributed by atoms with Gasteiger partial charge in [-0.1, -0.05) is 30.3 Å². The first-order chi connectivity index (χ1) is 14.0. The van der Waals surface area contributed by atoms with Gasteiger partial charge >= 0.3 is 5.97 Å². The van der Waals surface area contributed by atoms with Crippen LogP contribution in [-0.4, -0.2) is 83.0 Å². The van der Waals surface area contributed by atoms with Crippen molar-refractivity contribution in [2.45, 2.75) is 19.1 Å². The molecule has 1 aliphatic heterocycles. The van der Waals surface area contributed by atoms with Crippen LogP contribution in [0.5, 0.6) is 0 Å². The number of rotatable bonds is 8. The van der Waals surface area contributed by atoms with E-state index in [0.29, 0.717) is 6.29 Å². The zero-order valence-corrected chi connectivity index (χ0v) is 17.3. The summed E-state index contributed by atoms with van der Waals surface area (Å²) in [5.41, 5.74) is 0.833. The van der Waals surface area contributed by atoms with Crippen LogP contribution in [-0.2, 0) is 30.5 Å². The van der Waals surface area contributed by atoms with Crippen molar-refractivity contribution in [2.24, 2.45) is 0 Å². The summed E-state index contributed by atoms with van der Waals surface area (Å²) in [6.45, 7) is 0.906. The molecule has 0 radical (unpaired) electrons. The molecule has 29 heavy (non-hydrogen) atoms. The molecule has 1 unspecified atom stereocenters. The van der Waals surface area contributed by atoms with E-state index in [0.717, 1.165) is 5.56 Å². The molecular formula is C19H23Cl2N3O5. The summed E-state index contributed by atoms with van der Waals surface area (Å²) in [7, 11) is 0. The Morgan fingerprint density at radius 3 is 2.00 bits per heavy atom. The lowest BCUT2D eigenvalue weighted by molar-refractivity contribution is -0.159. The molecule has 1 atom stereocenters. The van der Waals surface area contributed by atoms with Gasteiger partial charge in [0, 0.05) is 19.5 Å². The second-order valence-electron chi connectivity index (χ2n) is 6.35. The first-order valence-electron chi connectivity index (χ1n) is 9.12. The number of ether oxygens (including phenoxy) is 1. The van der Waals surface area contributed by atoms with Crippen LogP contribution >= 0.6 is 23.2 Å². The van der Waals surface area contributed by atoms with E-state index in [-0.39, 0.29) is 51.0 Å². The maximum absolute atomic E-state index is 12.6. The molecule has 0 saturated carbocycles. The Morgan fingerprint density at radius 1 is 0.966 bits per heavy atom. The van der Waals surface area contributed by atoms with E-state index in [2.05, 4.69) is 0 Å². The number of nitrogens with zero attached hydrogens (tertiary/aromatic N) is 3. The summed E-state index contributed by atoms with van der Waals surface area (Å²) in [6.07, 6.45) is 0.600. The number of hydrazine groups is 1. The van der Waals surface area contributed by atoms with Gasteiger partial charge in [0.05, 0.1) is 13.1 Å². The SMILES string of the molecule is O=CCC(C(=O)OCc1ccccc1)N1CCN(C(=O)CCl)N(C(=O)CCl)CC1. The van der Waals surface area contributed by atoms with E-state index in [4.69, 9.17) is 27.9 Å². The van der Waals surface area contributed by atoms with Crippen LogP contribution < -0.4 is 0 Å². The fraction of sp³-hybridized carbons (Fsp3) is 0.474. The van der Waals surface area contributed by atoms with Gasteiger partial charge in [-0.05, 0) is 5.56 Å². The quantitative estimate of drug-likeness (QED) is 0.339. The molecule has 0 aliphatic carbocycles. The normalized spacial score (nSPS) is 16.1. The first kappa shape index (κ1) is 23.1. The fourth-order valence-electron chi connectivity index (χ4n) is 3.08. The van der Waals surface area contributed by atoms with Crippen molar-refractivity contribution in [1.29, 1.82) is 0 Å². The third kappa shape index (κ3) is 6.42. The molecule has 158 valence electrons. The average Bonchev–Trinajstić information content (AvgIpc) is 2.98. The van der Waals surface area contributed by atoms with Crippen LogP contribution in [0.25, 0.3) is 0 Å². The zero-order chi connectivity index (χ0) is 21.2. The monoisotopic (exact) mass is 443 g/mol. The minimum Gasteiger partial charge on any atom is -0.460 e. The predicted octanol–water partition coefficient (Wildman–Crippen LogP) is 1.05. The molecule has 1 aromatic carbocycles. The molecule has 0 bridgehead atoms. The van der Waals surface area contributed by atoms with Crippen molar-refractivity contribution < 1.29 is 23.9 Å². The number of alkyl halides is 2. The summed E-state index contributed by atoms with van der Waals surface area (Å²) < 4.78 is 5.38. The van der Waals surface area contributed by atoms with Gasteiger partial charge in [-0.3, -0.25) is 19.3 Å². The lowest BCUT2D eigenvalue weighted by Crippen LogP contribution is -2.51. The van der Waals surface area contributed by atoms with E-state index >= 15 is 0 Å². The molecule has 1 aliphatic rings. The van der Waals surface area contributed by atoms with E-state index < -0.39 is 23.8 Å². The van der Waals surface area contributed by atoms with E-state index in [1.807, 2.05) is 30.3 Å². The van der Waals surface area contributed by atoms with E-state index in [1.165, 1.54) is 10.0 Å². The van der Waals surface area contributed by atoms with Gasteiger partial charge in [-0.2, -0.15) is 0 Å². The summed E-state index contributed by atoms with van der Waals surface area (Å²) >= 11 is 11.3. The highest BCUT2D eigenvalue weighted by Crippen LogP contribution is 2.14. The van der Waals surface area contributed by atoms with Gasteiger partial charge in [0.2, 0.25) is 0 Å². The number of carbonyl (C=O) groups excluding carboxylic acids is 4. The number of esters is 1. The second kappa shape index (κ2) is 11.7. The third-order valence-electron chi connectivity index (χ3n) is 4.55. The van der Waals surface area contributed by atoms with Crippen molar-refractivity contribution in [3.63, 3.8) is 0 Å². The fourth-order valence-corrected chi connectivity index (χ4v) is 3.35. The number of halogens is 2. The lowest BCUT2D eigenvalue weighted by atomic mass is 10.1. The van der Waals surface area contributed by atoms with Gasteiger partial charge < -0.3 is 9.53 Å². The van der Waals surface area contributed by atoms with Crippen LogP contribution in [0.3, 0.4) is 0 Å². The van der Waals surface area contributed by atoms with Crippen LogP contribution in [0.1, 0.15) is 12.0 Å². The average molecular weight is 444 g/mol. The molecule has 1 heterocycles. The molecule has 8 nitrogen and oxygen atoms in total. The number of carbonyl (C=O) groups is 4. The second-order valence-corrected chi connectivity index (χ2v) is 6.88. The molecule has 0 spiro atoms. The van der Waals surface area contributed by atoms with Crippen LogP contribution in [0.4, 0.5) is 0 Å². The highest BCUT2D eigenvalue weighted by molar-refractivity contribution is 6.28. The zero-order valence-electron chi connectivity index (χ0n) is 15.8. The molecule has 1 aromatic rings. The van der Waals surface area contributed by atoms with Crippen LogP contribution in [0.2, 0.25) is 0 Å². The maximum Gasteiger partial charge on any atom is 0.324 e. The Bertz CT molecular complexity index is 693. The van der Waals surface area contributed by atoms with Gasteiger partial charge in [0.25, 0.3) is 11.8 Å².